The van der Waals surface area contributed by atoms with Gasteiger partial charge in [-0.15, -0.1) is 0 Å². The van der Waals surface area contributed by atoms with Crippen molar-refractivity contribution in [2.24, 2.45) is 0 Å². The van der Waals surface area contributed by atoms with Crippen LogP contribution in [-0.2, 0) is 10.0 Å². The smallest absolute Gasteiger partial charge is 0.266 e. The highest BCUT2D eigenvalue weighted by molar-refractivity contribution is 7.93. The number of nitrogen functional groups attached to an aromatic ring is 1. The molecule has 7 heteroatoms. The van der Waals surface area contributed by atoms with Gasteiger partial charge in [-0.05, 0) is 24.3 Å². The molecule has 0 aliphatic heterocycles. The number of hydrogen-bond acceptors (Lipinski definition) is 4. The number of nitrogens with zero attached hydrogens (tertiary/aromatic N) is 2. The lowest BCUT2D eigenvalue weighted by Gasteiger charge is -2.20. The van der Waals surface area contributed by atoms with Gasteiger partial charge in [-0.2, -0.15) is 0 Å². The first-order chi connectivity index (χ1) is 8.94. The second kappa shape index (κ2) is 4.85. The van der Waals surface area contributed by atoms with Crippen molar-refractivity contribution in [1.82, 2.24) is 4.98 Å². The number of hydrogen-bond donors (Lipinski definition) is 1. The van der Waals surface area contributed by atoms with Gasteiger partial charge >= 0.3 is 0 Å². The van der Waals surface area contributed by atoms with Crippen LogP contribution in [0.25, 0.3) is 0 Å². The Labute approximate surface area is 110 Å². The maximum atomic E-state index is 13.4. The van der Waals surface area contributed by atoms with Gasteiger partial charge in [0.05, 0.1) is 17.6 Å². The third kappa shape index (κ3) is 2.37. The van der Waals surface area contributed by atoms with Crippen molar-refractivity contribution >= 4 is 21.4 Å². The van der Waals surface area contributed by atoms with Crippen LogP contribution in [0.3, 0.4) is 0 Å². The molecule has 0 aliphatic rings. The lowest BCUT2D eigenvalue weighted by atomic mass is 10.3. The number of benzene rings is 1. The first kappa shape index (κ1) is 13.3. The van der Waals surface area contributed by atoms with Crippen LogP contribution in [0, 0.1) is 5.82 Å². The third-order valence-corrected chi connectivity index (χ3v) is 4.50. The minimum Gasteiger partial charge on any atom is -0.395 e. The number of halogens is 1. The van der Waals surface area contributed by atoms with Gasteiger partial charge in [-0.1, -0.05) is 6.07 Å². The molecule has 100 valence electrons. The molecule has 2 aromatic rings. The van der Waals surface area contributed by atoms with E-state index in [-0.39, 0.29) is 4.90 Å². The molecule has 0 fully saturated rings. The van der Waals surface area contributed by atoms with Crippen molar-refractivity contribution in [1.29, 1.82) is 0 Å². The molecule has 0 unspecified atom stereocenters. The summed E-state index contributed by atoms with van der Waals surface area (Å²) in [4.78, 5) is 3.58. The minimum absolute atomic E-state index is 0.265. The second-order valence-corrected chi connectivity index (χ2v) is 5.77. The standard InChI is InChI=1S/C12H12FN3O2S/c1-16(9-4-3-7-15-8-9)19(17,18)11-6-2-5-10(13)12(11)14/h2-8H,14H2,1H3. The summed E-state index contributed by atoms with van der Waals surface area (Å²) in [6.07, 6.45) is 2.92. The zero-order valence-corrected chi connectivity index (χ0v) is 10.9. The Morgan fingerprint density at radius 2 is 2.00 bits per heavy atom. The molecule has 1 heterocycles. The van der Waals surface area contributed by atoms with E-state index in [9.17, 15) is 12.8 Å². The fourth-order valence-electron chi connectivity index (χ4n) is 1.57. The SMILES string of the molecule is CN(c1cccnc1)S(=O)(=O)c1cccc(F)c1N. The van der Waals surface area contributed by atoms with Crippen molar-refractivity contribution in [3.63, 3.8) is 0 Å². The number of nitrogens with two attached hydrogens (primary N) is 1. The van der Waals surface area contributed by atoms with Crippen molar-refractivity contribution in [2.75, 3.05) is 17.1 Å². The Morgan fingerprint density at radius 3 is 2.63 bits per heavy atom. The summed E-state index contributed by atoms with van der Waals surface area (Å²) in [5.41, 5.74) is 5.46. The summed E-state index contributed by atoms with van der Waals surface area (Å²) in [5.74, 6) is -0.763. The lowest BCUT2D eigenvalue weighted by molar-refractivity contribution is 0.591. The summed E-state index contributed by atoms with van der Waals surface area (Å²) in [6, 6.07) is 6.87. The summed E-state index contributed by atoms with van der Waals surface area (Å²) in [7, 11) is -2.56. The van der Waals surface area contributed by atoms with Crippen LogP contribution in [0.2, 0.25) is 0 Å². The molecule has 0 atom stereocenters. The zero-order chi connectivity index (χ0) is 14.0. The average molecular weight is 281 g/mol. The Hall–Kier alpha value is -2.15. The number of sulfonamides is 1. The number of anilines is 2. The first-order valence-corrected chi connectivity index (χ1v) is 6.81. The second-order valence-electron chi connectivity index (χ2n) is 3.84. The maximum absolute atomic E-state index is 13.4. The summed E-state index contributed by atoms with van der Waals surface area (Å²) >= 11 is 0. The molecule has 2 rings (SSSR count). The molecule has 5 nitrogen and oxygen atoms in total. The predicted octanol–water partition coefficient (Wildman–Crippen LogP) is 1.63. The molecule has 0 bridgehead atoms. The molecule has 0 aliphatic carbocycles. The molecule has 0 saturated carbocycles. The van der Waals surface area contributed by atoms with E-state index < -0.39 is 21.5 Å². The molecule has 0 amide bonds. The Bertz CT molecular complexity index is 689. The van der Waals surface area contributed by atoms with E-state index in [1.54, 1.807) is 12.1 Å². The molecule has 19 heavy (non-hydrogen) atoms. The summed E-state index contributed by atoms with van der Waals surface area (Å²) in [5, 5.41) is 0. The fourth-order valence-corrected chi connectivity index (χ4v) is 2.88. The molecular formula is C12H12FN3O2S. The molecule has 1 aromatic carbocycles. The molecule has 1 aromatic heterocycles. The Morgan fingerprint density at radius 1 is 1.26 bits per heavy atom. The van der Waals surface area contributed by atoms with E-state index >= 15 is 0 Å². The summed E-state index contributed by atoms with van der Waals surface area (Å²) < 4.78 is 39.1. The molecular weight excluding hydrogens is 269 g/mol. The van der Waals surface area contributed by atoms with Crippen molar-refractivity contribution in [2.45, 2.75) is 4.90 Å². The molecule has 0 radical (unpaired) electrons. The summed E-state index contributed by atoms with van der Waals surface area (Å²) in [6.45, 7) is 0. The first-order valence-electron chi connectivity index (χ1n) is 5.37. The highest BCUT2D eigenvalue weighted by Crippen LogP contribution is 2.26. The van der Waals surface area contributed by atoms with Crippen molar-refractivity contribution in [3.05, 3.63) is 48.5 Å². The number of pyridine rings is 1. The minimum atomic E-state index is -3.92. The van der Waals surface area contributed by atoms with Gasteiger partial charge in [0.2, 0.25) is 0 Å². The fraction of sp³-hybridized carbons (Fsp3) is 0.0833. The van der Waals surface area contributed by atoms with Crippen LogP contribution in [-0.4, -0.2) is 20.4 Å². The lowest BCUT2D eigenvalue weighted by Crippen LogP contribution is -2.27. The number of para-hydroxylation sites is 1. The van der Waals surface area contributed by atoms with Crippen LogP contribution in [0.4, 0.5) is 15.8 Å². The van der Waals surface area contributed by atoms with E-state index in [1.807, 2.05) is 0 Å². The van der Waals surface area contributed by atoms with Crippen LogP contribution in [0.5, 0.6) is 0 Å². The van der Waals surface area contributed by atoms with Crippen LogP contribution in [0.15, 0.2) is 47.6 Å². The normalized spacial score (nSPS) is 11.3. The van der Waals surface area contributed by atoms with Crippen LogP contribution in [0.1, 0.15) is 0 Å². The number of rotatable bonds is 3. The van der Waals surface area contributed by atoms with E-state index in [1.165, 1.54) is 31.6 Å². The van der Waals surface area contributed by atoms with Gasteiger partial charge in [0.25, 0.3) is 10.0 Å². The predicted molar refractivity (Wildman–Crippen MR) is 70.6 cm³/mol. The highest BCUT2D eigenvalue weighted by Gasteiger charge is 2.25. The van der Waals surface area contributed by atoms with Gasteiger partial charge in [-0.25, -0.2) is 12.8 Å². The van der Waals surface area contributed by atoms with Gasteiger partial charge in [-0.3, -0.25) is 9.29 Å². The molecule has 2 N–H and O–H groups in total. The maximum Gasteiger partial charge on any atom is 0.266 e. The van der Waals surface area contributed by atoms with Crippen LogP contribution >= 0.6 is 0 Å². The molecule has 0 spiro atoms. The van der Waals surface area contributed by atoms with Crippen molar-refractivity contribution in [3.8, 4) is 0 Å². The van der Waals surface area contributed by atoms with Crippen LogP contribution < -0.4 is 10.0 Å². The highest BCUT2D eigenvalue weighted by atomic mass is 32.2. The zero-order valence-electron chi connectivity index (χ0n) is 10.1. The largest absolute Gasteiger partial charge is 0.395 e. The molecule has 0 saturated heterocycles. The van der Waals surface area contributed by atoms with Gasteiger partial charge in [0, 0.05) is 13.2 Å². The quantitative estimate of drug-likeness (QED) is 0.867. The van der Waals surface area contributed by atoms with E-state index in [4.69, 9.17) is 5.73 Å². The monoisotopic (exact) mass is 281 g/mol. The van der Waals surface area contributed by atoms with E-state index in [2.05, 4.69) is 4.98 Å². The third-order valence-electron chi connectivity index (χ3n) is 2.66. The Kier molecular flexibility index (Phi) is 3.39. The van der Waals surface area contributed by atoms with Gasteiger partial charge < -0.3 is 5.73 Å². The van der Waals surface area contributed by atoms with Crippen molar-refractivity contribution < 1.29 is 12.8 Å². The van der Waals surface area contributed by atoms with E-state index in [0.717, 1.165) is 10.4 Å². The van der Waals surface area contributed by atoms with Gasteiger partial charge in [0.15, 0.2) is 0 Å². The average Bonchev–Trinajstić information content (AvgIpc) is 2.41. The van der Waals surface area contributed by atoms with Gasteiger partial charge in [0.1, 0.15) is 10.7 Å². The Balaban J connectivity index is 2.52. The number of aromatic nitrogens is 1. The topological polar surface area (TPSA) is 76.3 Å². The van der Waals surface area contributed by atoms with E-state index in [0.29, 0.717) is 5.69 Å².